The zero-order chi connectivity index (χ0) is 16.2. The van der Waals surface area contributed by atoms with Gasteiger partial charge in [-0.2, -0.15) is 0 Å². The summed E-state index contributed by atoms with van der Waals surface area (Å²) in [6.07, 6.45) is 2.60. The maximum atomic E-state index is 12.8. The molecule has 0 unspecified atom stereocenters. The molecule has 1 fully saturated rings. The van der Waals surface area contributed by atoms with Crippen LogP contribution in [-0.4, -0.2) is 41.3 Å². The van der Waals surface area contributed by atoms with Crippen LogP contribution in [0.3, 0.4) is 0 Å². The number of thiazole rings is 1. The van der Waals surface area contributed by atoms with E-state index in [0.29, 0.717) is 18.7 Å². The lowest BCUT2D eigenvalue weighted by Crippen LogP contribution is -2.51. The Morgan fingerprint density at radius 2 is 2.04 bits per heavy atom. The van der Waals surface area contributed by atoms with Crippen molar-refractivity contribution < 1.29 is 9.59 Å². The van der Waals surface area contributed by atoms with Crippen LogP contribution in [0.25, 0.3) is 10.6 Å². The molecule has 1 aromatic carbocycles. The molecule has 1 aliphatic heterocycles. The summed E-state index contributed by atoms with van der Waals surface area (Å²) in [7, 11) is 1.61. The van der Waals surface area contributed by atoms with Crippen molar-refractivity contribution >= 4 is 23.2 Å². The third kappa shape index (κ3) is 3.27. The Balaban J connectivity index is 1.82. The number of hydrogen-bond acceptors (Lipinski definition) is 4. The second-order valence-corrected chi connectivity index (χ2v) is 6.39. The van der Waals surface area contributed by atoms with Crippen LogP contribution in [0, 0.1) is 0 Å². The largest absolute Gasteiger partial charge is 0.357 e. The van der Waals surface area contributed by atoms with Gasteiger partial charge in [0.2, 0.25) is 5.91 Å². The average Bonchev–Trinajstić information content (AvgIpc) is 3.11. The number of rotatable bonds is 3. The van der Waals surface area contributed by atoms with E-state index in [2.05, 4.69) is 10.3 Å². The molecule has 1 atom stereocenters. The van der Waals surface area contributed by atoms with Crippen LogP contribution in [-0.2, 0) is 4.79 Å². The predicted molar refractivity (Wildman–Crippen MR) is 90.3 cm³/mol. The van der Waals surface area contributed by atoms with Gasteiger partial charge < -0.3 is 10.2 Å². The van der Waals surface area contributed by atoms with Crippen molar-refractivity contribution in [2.24, 2.45) is 0 Å². The fourth-order valence-electron chi connectivity index (χ4n) is 2.85. The number of nitrogens with zero attached hydrogens (tertiary/aromatic N) is 2. The number of carbonyl (C=O) groups is 2. The van der Waals surface area contributed by atoms with Gasteiger partial charge in [-0.25, -0.2) is 4.98 Å². The quantitative estimate of drug-likeness (QED) is 0.941. The molecule has 0 bridgehead atoms. The number of nitrogens with one attached hydrogen (secondary N) is 1. The van der Waals surface area contributed by atoms with Gasteiger partial charge in [-0.05, 0) is 19.3 Å². The third-order valence-electron chi connectivity index (χ3n) is 4.06. The standard InChI is InChI=1S/C17H19N3O2S/c1-18-15(21)14-9-5-6-10-20(14)17(22)13-11-23-16(19-13)12-7-3-2-4-8-12/h2-4,7-8,11,14H,5-6,9-10H2,1H3,(H,18,21)/t14-/m0/s1. The van der Waals surface area contributed by atoms with Crippen LogP contribution in [0.15, 0.2) is 35.7 Å². The molecule has 0 aliphatic carbocycles. The third-order valence-corrected chi connectivity index (χ3v) is 4.95. The molecule has 2 heterocycles. The van der Waals surface area contributed by atoms with Crippen LogP contribution in [0.5, 0.6) is 0 Å². The van der Waals surface area contributed by atoms with Gasteiger partial charge in [0.05, 0.1) is 0 Å². The van der Waals surface area contributed by atoms with Gasteiger partial charge in [-0.1, -0.05) is 30.3 Å². The van der Waals surface area contributed by atoms with Crippen molar-refractivity contribution in [2.75, 3.05) is 13.6 Å². The van der Waals surface area contributed by atoms with Crippen molar-refractivity contribution in [1.82, 2.24) is 15.2 Å². The van der Waals surface area contributed by atoms with Crippen LogP contribution in [0.4, 0.5) is 0 Å². The van der Waals surface area contributed by atoms with E-state index >= 15 is 0 Å². The minimum Gasteiger partial charge on any atom is -0.357 e. The van der Waals surface area contributed by atoms with Crippen molar-refractivity contribution in [1.29, 1.82) is 0 Å². The normalized spacial score (nSPS) is 17.8. The first-order valence-corrected chi connectivity index (χ1v) is 8.62. The molecule has 1 aliphatic rings. The predicted octanol–water partition coefficient (Wildman–Crippen LogP) is 2.55. The first kappa shape index (κ1) is 15.7. The fraction of sp³-hybridized carbons (Fsp3) is 0.353. The van der Waals surface area contributed by atoms with Crippen LogP contribution in [0.1, 0.15) is 29.8 Å². The first-order chi connectivity index (χ1) is 11.2. The summed E-state index contributed by atoms with van der Waals surface area (Å²) in [5.41, 5.74) is 1.42. The van der Waals surface area contributed by atoms with E-state index in [4.69, 9.17) is 0 Å². The zero-order valence-electron chi connectivity index (χ0n) is 13.0. The highest BCUT2D eigenvalue weighted by molar-refractivity contribution is 7.13. The number of hydrogen-bond donors (Lipinski definition) is 1. The maximum absolute atomic E-state index is 12.8. The number of aromatic nitrogens is 1. The van der Waals surface area contributed by atoms with E-state index in [1.807, 2.05) is 30.3 Å². The monoisotopic (exact) mass is 329 g/mol. The number of piperidine rings is 1. The summed E-state index contributed by atoms with van der Waals surface area (Å²) >= 11 is 1.45. The van der Waals surface area contributed by atoms with Gasteiger partial charge in [0, 0.05) is 24.5 Å². The molecule has 0 spiro atoms. The lowest BCUT2D eigenvalue weighted by atomic mass is 10.0. The molecule has 120 valence electrons. The summed E-state index contributed by atoms with van der Waals surface area (Å²) < 4.78 is 0. The summed E-state index contributed by atoms with van der Waals surface area (Å²) in [5.74, 6) is -0.256. The summed E-state index contributed by atoms with van der Waals surface area (Å²) in [6, 6.07) is 9.41. The Labute approximate surface area is 139 Å². The molecule has 5 nitrogen and oxygen atoms in total. The lowest BCUT2D eigenvalue weighted by Gasteiger charge is -2.33. The van der Waals surface area contributed by atoms with Crippen molar-refractivity contribution in [3.8, 4) is 10.6 Å². The van der Waals surface area contributed by atoms with E-state index in [1.54, 1.807) is 17.3 Å². The Kier molecular flexibility index (Phi) is 4.71. The Hall–Kier alpha value is -2.21. The first-order valence-electron chi connectivity index (χ1n) is 7.74. The van der Waals surface area contributed by atoms with Gasteiger partial charge in [0.15, 0.2) is 0 Å². The average molecular weight is 329 g/mol. The molecule has 2 aromatic rings. The molecular weight excluding hydrogens is 310 g/mol. The Morgan fingerprint density at radius 3 is 2.78 bits per heavy atom. The van der Waals surface area contributed by atoms with Gasteiger partial charge in [-0.15, -0.1) is 11.3 Å². The molecule has 1 N–H and O–H groups in total. The van der Waals surface area contributed by atoms with E-state index < -0.39 is 0 Å². The Bertz CT molecular complexity index is 699. The molecule has 1 aromatic heterocycles. The van der Waals surface area contributed by atoms with E-state index in [-0.39, 0.29) is 17.9 Å². The highest BCUT2D eigenvalue weighted by Gasteiger charge is 2.33. The Morgan fingerprint density at radius 1 is 1.26 bits per heavy atom. The zero-order valence-corrected chi connectivity index (χ0v) is 13.8. The van der Waals surface area contributed by atoms with Crippen molar-refractivity contribution in [2.45, 2.75) is 25.3 Å². The number of likely N-dealkylation sites (tertiary alicyclic amines) is 1. The molecular formula is C17H19N3O2S. The molecule has 2 amide bonds. The van der Waals surface area contributed by atoms with Gasteiger partial charge in [-0.3, -0.25) is 9.59 Å². The second kappa shape index (κ2) is 6.91. The molecule has 6 heteroatoms. The molecule has 1 saturated heterocycles. The molecule has 3 rings (SSSR count). The van der Waals surface area contributed by atoms with Gasteiger partial charge >= 0.3 is 0 Å². The van der Waals surface area contributed by atoms with Gasteiger partial charge in [0.1, 0.15) is 16.7 Å². The van der Waals surface area contributed by atoms with Crippen molar-refractivity contribution in [3.05, 3.63) is 41.4 Å². The highest BCUT2D eigenvalue weighted by atomic mass is 32.1. The van der Waals surface area contributed by atoms with Crippen LogP contribution in [0.2, 0.25) is 0 Å². The number of carbonyl (C=O) groups excluding carboxylic acids is 2. The van der Waals surface area contributed by atoms with Crippen LogP contribution < -0.4 is 5.32 Å². The summed E-state index contributed by atoms with van der Waals surface area (Å²) in [5, 5.41) is 5.25. The summed E-state index contributed by atoms with van der Waals surface area (Å²) in [6.45, 7) is 0.606. The molecule has 23 heavy (non-hydrogen) atoms. The van der Waals surface area contributed by atoms with E-state index in [9.17, 15) is 9.59 Å². The topological polar surface area (TPSA) is 62.3 Å². The number of likely N-dealkylation sites (N-methyl/N-ethyl adjacent to an activating group) is 1. The SMILES string of the molecule is CNC(=O)[C@@H]1CCCCN1C(=O)c1csc(-c2ccccc2)n1. The molecule has 0 radical (unpaired) electrons. The fourth-order valence-corrected chi connectivity index (χ4v) is 3.65. The maximum Gasteiger partial charge on any atom is 0.274 e. The number of benzene rings is 1. The van der Waals surface area contributed by atoms with Gasteiger partial charge in [0.25, 0.3) is 5.91 Å². The molecule has 0 saturated carbocycles. The lowest BCUT2D eigenvalue weighted by molar-refractivity contribution is -0.126. The van der Waals surface area contributed by atoms with E-state index in [1.165, 1.54) is 11.3 Å². The van der Waals surface area contributed by atoms with Crippen molar-refractivity contribution in [3.63, 3.8) is 0 Å². The highest BCUT2D eigenvalue weighted by Crippen LogP contribution is 2.26. The minimum atomic E-state index is -0.386. The van der Waals surface area contributed by atoms with Crippen LogP contribution >= 0.6 is 11.3 Å². The minimum absolute atomic E-state index is 0.100. The summed E-state index contributed by atoms with van der Waals surface area (Å²) in [4.78, 5) is 30.9. The van der Waals surface area contributed by atoms with E-state index in [0.717, 1.165) is 23.4 Å². The smallest absolute Gasteiger partial charge is 0.274 e. The second-order valence-electron chi connectivity index (χ2n) is 5.53. The number of amides is 2.